The highest BCUT2D eigenvalue weighted by atomic mass is 16.5. The van der Waals surface area contributed by atoms with E-state index >= 15 is 0 Å². The highest BCUT2D eigenvalue weighted by molar-refractivity contribution is 5.98. The van der Waals surface area contributed by atoms with Gasteiger partial charge in [0.1, 0.15) is 0 Å². The lowest BCUT2D eigenvalue weighted by molar-refractivity contribution is 0.0545. The maximum Gasteiger partial charge on any atom is 0.258 e. The molecule has 1 aliphatic rings. The van der Waals surface area contributed by atoms with Gasteiger partial charge in [-0.3, -0.25) is 4.79 Å². The number of benzene rings is 2. The second kappa shape index (κ2) is 8.21. The molecule has 2 aromatic rings. The topological polar surface area (TPSA) is 85.0 Å². The molecular formula is C20H24N2O4. The number of amides is 1. The van der Waals surface area contributed by atoms with Gasteiger partial charge < -0.3 is 25.2 Å². The van der Waals surface area contributed by atoms with Crippen LogP contribution < -0.4 is 15.2 Å². The quantitative estimate of drug-likeness (QED) is 0.775. The third-order valence-corrected chi connectivity index (χ3v) is 4.48. The second-order valence-electron chi connectivity index (χ2n) is 6.23. The van der Waals surface area contributed by atoms with E-state index in [0.717, 1.165) is 11.1 Å². The van der Waals surface area contributed by atoms with E-state index in [9.17, 15) is 9.90 Å². The zero-order valence-corrected chi connectivity index (χ0v) is 14.9. The SMILES string of the molecule is COc1cccc(C(=O)N2Cc3ccccc3C(O)C2)c1OCCCN. The standard InChI is InChI=1S/C20H24N2O4/c1-25-18-9-4-8-16(19(18)26-11-5-10-21)20(24)22-12-14-6-2-3-7-15(14)17(23)13-22/h2-4,6-9,17,23H,5,10-13,21H2,1H3. The van der Waals surface area contributed by atoms with E-state index in [4.69, 9.17) is 15.2 Å². The van der Waals surface area contributed by atoms with Gasteiger partial charge in [-0.25, -0.2) is 0 Å². The van der Waals surface area contributed by atoms with Crippen molar-refractivity contribution in [2.24, 2.45) is 5.73 Å². The van der Waals surface area contributed by atoms with Crippen LogP contribution in [0.4, 0.5) is 0 Å². The molecule has 138 valence electrons. The van der Waals surface area contributed by atoms with Crippen molar-refractivity contribution in [1.29, 1.82) is 0 Å². The Morgan fingerprint density at radius 3 is 2.85 bits per heavy atom. The van der Waals surface area contributed by atoms with Crippen molar-refractivity contribution in [3.05, 3.63) is 59.2 Å². The monoisotopic (exact) mass is 356 g/mol. The van der Waals surface area contributed by atoms with Gasteiger partial charge in [0.2, 0.25) is 0 Å². The van der Waals surface area contributed by atoms with E-state index in [1.165, 1.54) is 0 Å². The lowest BCUT2D eigenvalue weighted by Gasteiger charge is -2.32. The fourth-order valence-electron chi connectivity index (χ4n) is 3.16. The Balaban J connectivity index is 1.88. The Kier molecular flexibility index (Phi) is 5.75. The third kappa shape index (κ3) is 3.66. The van der Waals surface area contributed by atoms with Crippen LogP contribution >= 0.6 is 0 Å². The zero-order valence-electron chi connectivity index (χ0n) is 14.9. The van der Waals surface area contributed by atoms with E-state index in [-0.39, 0.29) is 12.5 Å². The molecule has 0 spiro atoms. The largest absolute Gasteiger partial charge is 0.493 e. The smallest absolute Gasteiger partial charge is 0.258 e. The summed E-state index contributed by atoms with van der Waals surface area (Å²) in [6.07, 6.45) is -0.0160. The lowest BCUT2D eigenvalue weighted by atomic mass is 9.97. The van der Waals surface area contributed by atoms with Gasteiger partial charge in [-0.2, -0.15) is 0 Å². The molecule has 26 heavy (non-hydrogen) atoms. The summed E-state index contributed by atoms with van der Waals surface area (Å²) < 4.78 is 11.1. The summed E-state index contributed by atoms with van der Waals surface area (Å²) in [4.78, 5) is 14.8. The van der Waals surface area contributed by atoms with Crippen LogP contribution in [0, 0.1) is 0 Å². The summed E-state index contributed by atoms with van der Waals surface area (Å²) in [5.74, 6) is 0.729. The van der Waals surface area contributed by atoms with Crippen molar-refractivity contribution in [3.8, 4) is 11.5 Å². The van der Waals surface area contributed by atoms with E-state index in [2.05, 4.69) is 0 Å². The molecule has 0 fully saturated rings. The van der Waals surface area contributed by atoms with E-state index in [1.54, 1.807) is 30.2 Å². The van der Waals surface area contributed by atoms with E-state index in [1.807, 2.05) is 24.3 Å². The molecule has 1 unspecified atom stereocenters. The lowest BCUT2D eigenvalue weighted by Crippen LogP contribution is -2.38. The van der Waals surface area contributed by atoms with Gasteiger partial charge in [0.25, 0.3) is 5.91 Å². The van der Waals surface area contributed by atoms with Gasteiger partial charge in [-0.15, -0.1) is 0 Å². The highest BCUT2D eigenvalue weighted by Gasteiger charge is 2.29. The first-order chi connectivity index (χ1) is 12.7. The summed E-state index contributed by atoms with van der Waals surface area (Å²) >= 11 is 0. The molecule has 1 heterocycles. The third-order valence-electron chi connectivity index (χ3n) is 4.48. The molecule has 6 nitrogen and oxygen atoms in total. The number of para-hydroxylation sites is 1. The maximum absolute atomic E-state index is 13.1. The van der Waals surface area contributed by atoms with Gasteiger partial charge >= 0.3 is 0 Å². The molecule has 0 bridgehead atoms. The van der Waals surface area contributed by atoms with Crippen LogP contribution in [-0.2, 0) is 6.54 Å². The molecular weight excluding hydrogens is 332 g/mol. The fourth-order valence-corrected chi connectivity index (χ4v) is 3.16. The van der Waals surface area contributed by atoms with Gasteiger partial charge in [-0.05, 0) is 36.2 Å². The fraction of sp³-hybridized carbons (Fsp3) is 0.350. The van der Waals surface area contributed by atoms with Crippen molar-refractivity contribution in [1.82, 2.24) is 4.90 Å². The molecule has 1 atom stereocenters. The van der Waals surface area contributed by atoms with Gasteiger partial charge in [0, 0.05) is 6.54 Å². The second-order valence-corrected chi connectivity index (χ2v) is 6.23. The van der Waals surface area contributed by atoms with Crippen LogP contribution in [0.15, 0.2) is 42.5 Å². The Morgan fingerprint density at radius 2 is 2.08 bits per heavy atom. The number of nitrogens with zero attached hydrogens (tertiary/aromatic N) is 1. The molecule has 3 rings (SSSR count). The number of aliphatic hydroxyl groups is 1. The predicted octanol–water partition coefficient (Wildman–Crippen LogP) is 2.11. The summed E-state index contributed by atoms with van der Waals surface area (Å²) in [5.41, 5.74) is 7.78. The molecule has 1 aliphatic heterocycles. The number of hydrogen-bond donors (Lipinski definition) is 2. The predicted molar refractivity (Wildman–Crippen MR) is 98.3 cm³/mol. The Bertz CT molecular complexity index is 778. The molecule has 0 saturated heterocycles. The van der Waals surface area contributed by atoms with E-state index in [0.29, 0.717) is 43.2 Å². The normalized spacial score (nSPS) is 16.1. The van der Waals surface area contributed by atoms with Crippen molar-refractivity contribution in [3.63, 3.8) is 0 Å². The molecule has 2 aromatic carbocycles. The number of rotatable bonds is 6. The van der Waals surface area contributed by atoms with Crippen LogP contribution in [0.5, 0.6) is 11.5 Å². The summed E-state index contributed by atoms with van der Waals surface area (Å²) in [6.45, 7) is 1.61. The maximum atomic E-state index is 13.1. The van der Waals surface area contributed by atoms with Crippen molar-refractivity contribution < 1.29 is 19.4 Å². The molecule has 0 radical (unpaired) electrons. The van der Waals surface area contributed by atoms with Crippen molar-refractivity contribution >= 4 is 5.91 Å². The average Bonchev–Trinajstić information content (AvgIpc) is 2.67. The number of ether oxygens (including phenoxy) is 2. The Morgan fingerprint density at radius 1 is 1.27 bits per heavy atom. The molecule has 0 aliphatic carbocycles. The molecule has 6 heteroatoms. The number of methoxy groups -OCH3 is 1. The minimum absolute atomic E-state index is 0.194. The molecule has 1 amide bonds. The first kappa shape index (κ1) is 18.2. The van der Waals surface area contributed by atoms with Gasteiger partial charge in [-0.1, -0.05) is 30.3 Å². The number of aliphatic hydroxyl groups excluding tert-OH is 1. The number of carbonyl (C=O) groups excluding carboxylic acids is 1. The minimum atomic E-state index is -0.698. The van der Waals surface area contributed by atoms with Crippen LogP contribution in [0.1, 0.15) is 34.0 Å². The van der Waals surface area contributed by atoms with Gasteiger partial charge in [0.15, 0.2) is 11.5 Å². The van der Waals surface area contributed by atoms with Crippen LogP contribution in [0.2, 0.25) is 0 Å². The number of hydrogen-bond acceptors (Lipinski definition) is 5. The van der Waals surface area contributed by atoms with Crippen LogP contribution in [0.25, 0.3) is 0 Å². The Hall–Kier alpha value is -2.57. The average molecular weight is 356 g/mol. The van der Waals surface area contributed by atoms with Crippen LogP contribution in [-0.4, -0.2) is 42.7 Å². The van der Waals surface area contributed by atoms with Gasteiger partial charge in [0.05, 0.1) is 31.9 Å². The molecule has 0 aromatic heterocycles. The first-order valence-electron chi connectivity index (χ1n) is 8.70. The zero-order chi connectivity index (χ0) is 18.5. The van der Waals surface area contributed by atoms with Crippen molar-refractivity contribution in [2.75, 3.05) is 26.8 Å². The minimum Gasteiger partial charge on any atom is -0.493 e. The van der Waals surface area contributed by atoms with Crippen molar-refractivity contribution in [2.45, 2.75) is 19.1 Å². The number of β-amino-alcohol motifs (C(OH)–C–C–N with tert-alkyl or cyclic N) is 1. The number of nitrogens with two attached hydrogens (primary N) is 1. The summed E-state index contributed by atoms with van der Waals surface area (Å²) in [5, 5.41) is 10.4. The molecule has 0 saturated carbocycles. The number of carbonyl (C=O) groups is 1. The number of fused-ring (bicyclic) bond motifs is 1. The summed E-state index contributed by atoms with van der Waals surface area (Å²) in [6, 6.07) is 12.9. The first-order valence-corrected chi connectivity index (χ1v) is 8.70. The Labute approximate surface area is 153 Å². The van der Waals surface area contributed by atoms with E-state index < -0.39 is 6.10 Å². The highest BCUT2D eigenvalue weighted by Crippen LogP contribution is 2.34. The molecule has 3 N–H and O–H groups in total. The van der Waals surface area contributed by atoms with Crippen LogP contribution in [0.3, 0.4) is 0 Å². The summed E-state index contributed by atoms with van der Waals surface area (Å²) in [7, 11) is 1.54.